The number of ether oxygens (including phenoxy) is 1. The minimum atomic E-state index is -3.83. The number of amides is 2. The van der Waals surface area contributed by atoms with Gasteiger partial charge in [-0.25, -0.2) is 8.42 Å². The van der Waals surface area contributed by atoms with Crippen molar-refractivity contribution in [2.45, 2.75) is 25.2 Å². The van der Waals surface area contributed by atoms with E-state index < -0.39 is 21.5 Å². The third-order valence-electron chi connectivity index (χ3n) is 4.27. The number of fused-ring (bicyclic) bond motifs is 1. The largest absolute Gasteiger partial charge is 0.482 e. The molecular formula is C19H19ClN2O5S. The number of carbonyl (C=O) groups excluding carboxylic acids is 2. The van der Waals surface area contributed by atoms with E-state index in [-0.39, 0.29) is 34.6 Å². The van der Waals surface area contributed by atoms with Crippen LogP contribution in [0.1, 0.15) is 17.5 Å². The van der Waals surface area contributed by atoms with Crippen molar-refractivity contribution in [3.63, 3.8) is 0 Å². The minimum Gasteiger partial charge on any atom is -0.482 e. The molecule has 3 rings (SSSR count). The van der Waals surface area contributed by atoms with Crippen LogP contribution < -0.4 is 15.4 Å². The molecule has 0 aromatic heterocycles. The maximum absolute atomic E-state index is 12.7. The molecule has 0 radical (unpaired) electrons. The number of nitrogens with one attached hydrogen (secondary N) is 2. The molecule has 2 aromatic carbocycles. The van der Waals surface area contributed by atoms with Crippen molar-refractivity contribution >= 4 is 44.6 Å². The summed E-state index contributed by atoms with van der Waals surface area (Å²) >= 11 is 6.09. The molecule has 7 nitrogen and oxygen atoms in total. The fraction of sp³-hybridized carbons (Fsp3) is 0.263. The van der Waals surface area contributed by atoms with Gasteiger partial charge in [-0.3, -0.25) is 9.59 Å². The maximum Gasteiger partial charge on any atom is 0.262 e. The summed E-state index contributed by atoms with van der Waals surface area (Å²) < 4.78 is 30.6. The van der Waals surface area contributed by atoms with Gasteiger partial charge in [0.25, 0.3) is 5.91 Å². The van der Waals surface area contributed by atoms with Crippen LogP contribution in [0.2, 0.25) is 5.02 Å². The lowest BCUT2D eigenvalue weighted by Crippen LogP contribution is -2.25. The van der Waals surface area contributed by atoms with Gasteiger partial charge in [0.1, 0.15) is 5.75 Å². The molecule has 1 aliphatic heterocycles. The average Bonchev–Trinajstić information content (AvgIpc) is 2.62. The van der Waals surface area contributed by atoms with E-state index in [0.29, 0.717) is 11.4 Å². The van der Waals surface area contributed by atoms with Gasteiger partial charge in [0.15, 0.2) is 16.4 Å². The molecule has 9 heteroatoms. The second kappa shape index (κ2) is 7.81. The first-order valence-electron chi connectivity index (χ1n) is 8.52. The first-order chi connectivity index (χ1) is 13.2. The van der Waals surface area contributed by atoms with Crippen molar-refractivity contribution in [3.05, 3.63) is 46.5 Å². The van der Waals surface area contributed by atoms with Gasteiger partial charge in [-0.1, -0.05) is 23.7 Å². The van der Waals surface area contributed by atoms with Crippen molar-refractivity contribution in [2.75, 3.05) is 23.0 Å². The number of aryl methyl sites for hydroxylation is 2. The van der Waals surface area contributed by atoms with Crippen LogP contribution in [0.15, 0.2) is 35.2 Å². The molecule has 2 aromatic rings. The van der Waals surface area contributed by atoms with Gasteiger partial charge in [0.2, 0.25) is 5.91 Å². The van der Waals surface area contributed by atoms with E-state index in [1.807, 2.05) is 32.0 Å². The van der Waals surface area contributed by atoms with Crippen LogP contribution in [0, 0.1) is 13.8 Å². The number of rotatable bonds is 5. The number of benzene rings is 2. The molecule has 28 heavy (non-hydrogen) atoms. The molecule has 0 aliphatic carbocycles. The summed E-state index contributed by atoms with van der Waals surface area (Å²) in [6.07, 6.45) is -0.222. The third kappa shape index (κ3) is 4.45. The molecule has 0 atom stereocenters. The zero-order valence-corrected chi connectivity index (χ0v) is 16.9. The predicted octanol–water partition coefficient (Wildman–Crippen LogP) is 3.09. The summed E-state index contributed by atoms with van der Waals surface area (Å²) in [5.74, 6) is -0.936. The zero-order valence-electron chi connectivity index (χ0n) is 15.3. The molecule has 2 amide bonds. The Morgan fingerprint density at radius 3 is 2.75 bits per heavy atom. The molecule has 0 spiro atoms. The fourth-order valence-corrected chi connectivity index (χ4v) is 4.57. The summed E-state index contributed by atoms with van der Waals surface area (Å²) in [6.45, 7) is 3.56. The van der Waals surface area contributed by atoms with Crippen LogP contribution in [0.4, 0.5) is 11.4 Å². The van der Waals surface area contributed by atoms with Crippen molar-refractivity contribution in [1.82, 2.24) is 0 Å². The number of halogens is 1. The second-order valence-electron chi connectivity index (χ2n) is 6.55. The SMILES string of the molecule is Cc1ccc(C)c(NC(=O)CCS(=O)(=O)c2cc3c(cc2Cl)NC(=O)CO3)c1. The quantitative estimate of drug-likeness (QED) is 0.770. The van der Waals surface area contributed by atoms with E-state index in [1.165, 1.54) is 12.1 Å². The van der Waals surface area contributed by atoms with Crippen molar-refractivity contribution in [3.8, 4) is 5.75 Å². The molecule has 2 N–H and O–H groups in total. The molecule has 148 valence electrons. The van der Waals surface area contributed by atoms with Crippen molar-refractivity contribution < 1.29 is 22.7 Å². The Kier molecular flexibility index (Phi) is 5.62. The van der Waals surface area contributed by atoms with E-state index in [4.69, 9.17) is 16.3 Å². The van der Waals surface area contributed by atoms with Crippen LogP contribution in [0.3, 0.4) is 0 Å². The molecule has 0 bridgehead atoms. The van der Waals surface area contributed by atoms with Gasteiger partial charge in [-0.05, 0) is 37.1 Å². The maximum atomic E-state index is 12.7. The highest BCUT2D eigenvalue weighted by molar-refractivity contribution is 7.91. The van der Waals surface area contributed by atoms with Crippen molar-refractivity contribution in [2.24, 2.45) is 0 Å². The fourth-order valence-electron chi connectivity index (χ4n) is 2.74. The molecule has 1 heterocycles. The lowest BCUT2D eigenvalue weighted by Gasteiger charge is -2.19. The Bertz CT molecular complexity index is 1070. The summed E-state index contributed by atoms with van der Waals surface area (Å²) in [5.41, 5.74) is 2.84. The molecule has 0 saturated carbocycles. The van der Waals surface area contributed by atoms with Crippen LogP contribution in [0.25, 0.3) is 0 Å². The lowest BCUT2D eigenvalue weighted by molar-refractivity contribution is -0.118. The Labute approximate surface area is 168 Å². The molecule has 0 unspecified atom stereocenters. The first kappa shape index (κ1) is 20.2. The highest BCUT2D eigenvalue weighted by atomic mass is 35.5. The molecule has 1 aliphatic rings. The first-order valence-corrected chi connectivity index (χ1v) is 10.5. The number of carbonyl (C=O) groups is 2. The number of hydrogen-bond donors (Lipinski definition) is 2. The van der Waals surface area contributed by atoms with Crippen LogP contribution >= 0.6 is 11.6 Å². The monoisotopic (exact) mass is 422 g/mol. The van der Waals surface area contributed by atoms with Crippen molar-refractivity contribution in [1.29, 1.82) is 0 Å². The van der Waals surface area contributed by atoms with Gasteiger partial charge >= 0.3 is 0 Å². The van der Waals surface area contributed by atoms with Crippen LogP contribution in [0.5, 0.6) is 5.75 Å². The van der Waals surface area contributed by atoms with E-state index in [1.54, 1.807) is 0 Å². The molecular weight excluding hydrogens is 404 g/mol. The Morgan fingerprint density at radius 2 is 2.00 bits per heavy atom. The van der Waals surface area contributed by atoms with Gasteiger partial charge in [0, 0.05) is 18.2 Å². The zero-order chi connectivity index (χ0) is 20.5. The van der Waals surface area contributed by atoms with E-state index in [9.17, 15) is 18.0 Å². The third-order valence-corrected chi connectivity index (χ3v) is 6.44. The van der Waals surface area contributed by atoms with Gasteiger partial charge in [0.05, 0.1) is 21.4 Å². The second-order valence-corrected chi connectivity index (χ2v) is 9.04. The lowest BCUT2D eigenvalue weighted by atomic mass is 10.1. The Morgan fingerprint density at radius 1 is 1.25 bits per heavy atom. The van der Waals surface area contributed by atoms with Crippen LogP contribution in [-0.4, -0.2) is 32.6 Å². The standard InChI is InChI=1S/C19H19ClN2O5S/c1-11-3-4-12(2)14(7-11)21-18(23)5-6-28(25,26)17-9-16-15(8-13(17)20)22-19(24)10-27-16/h3-4,7-9H,5-6,10H2,1-2H3,(H,21,23)(H,22,24). The normalized spacial score (nSPS) is 13.3. The number of sulfone groups is 1. The summed E-state index contributed by atoms with van der Waals surface area (Å²) in [7, 11) is -3.83. The summed E-state index contributed by atoms with van der Waals surface area (Å²) in [5, 5.41) is 5.25. The number of hydrogen-bond acceptors (Lipinski definition) is 5. The number of anilines is 2. The summed E-state index contributed by atoms with van der Waals surface area (Å²) in [6, 6.07) is 8.24. The smallest absolute Gasteiger partial charge is 0.262 e. The van der Waals surface area contributed by atoms with Gasteiger partial charge < -0.3 is 15.4 Å². The van der Waals surface area contributed by atoms with E-state index >= 15 is 0 Å². The van der Waals surface area contributed by atoms with Gasteiger partial charge in [-0.15, -0.1) is 0 Å². The minimum absolute atomic E-state index is 0.0421. The van der Waals surface area contributed by atoms with Crippen LogP contribution in [-0.2, 0) is 19.4 Å². The Hall–Kier alpha value is -2.58. The molecule has 0 saturated heterocycles. The van der Waals surface area contributed by atoms with E-state index in [2.05, 4.69) is 10.6 Å². The Balaban J connectivity index is 1.73. The van der Waals surface area contributed by atoms with Gasteiger partial charge in [-0.2, -0.15) is 0 Å². The van der Waals surface area contributed by atoms with E-state index in [0.717, 1.165) is 11.1 Å². The topological polar surface area (TPSA) is 102 Å². The molecule has 0 fully saturated rings. The highest BCUT2D eigenvalue weighted by Crippen LogP contribution is 2.36. The average molecular weight is 423 g/mol. The highest BCUT2D eigenvalue weighted by Gasteiger charge is 2.25. The predicted molar refractivity (Wildman–Crippen MR) is 107 cm³/mol. The summed E-state index contributed by atoms with van der Waals surface area (Å²) in [4.78, 5) is 23.4.